The van der Waals surface area contributed by atoms with Crippen LogP contribution in [0.1, 0.15) is 78.1 Å². The van der Waals surface area contributed by atoms with Crippen molar-refractivity contribution in [2.45, 2.75) is 90.2 Å². The van der Waals surface area contributed by atoms with Crippen molar-refractivity contribution >= 4 is 16.0 Å². The molecule has 1 heterocycles. The summed E-state index contributed by atoms with van der Waals surface area (Å²) in [6.07, 6.45) is 12.0. The van der Waals surface area contributed by atoms with E-state index in [4.69, 9.17) is 9.73 Å². The van der Waals surface area contributed by atoms with Gasteiger partial charge in [-0.15, -0.1) is 0 Å². The molecule has 2 rings (SSSR count). The number of aliphatic imine (C=N–C) groups is 1. The Morgan fingerprint density at radius 2 is 1.72 bits per heavy atom. The molecule has 1 aliphatic carbocycles. The van der Waals surface area contributed by atoms with Crippen molar-refractivity contribution in [1.29, 1.82) is 0 Å². The maximum absolute atomic E-state index is 12.0. The van der Waals surface area contributed by atoms with E-state index in [-0.39, 0.29) is 11.8 Å². The van der Waals surface area contributed by atoms with Crippen LogP contribution in [0.3, 0.4) is 0 Å². The SMILES string of the molecule is CCNC(=NCCCCOC1CCCCCC1)NC1CCN(S(=O)(=O)CC)CC1. The van der Waals surface area contributed by atoms with Gasteiger partial charge in [-0.25, -0.2) is 12.7 Å². The Kier molecular flexibility index (Phi) is 11.3. The zero-order valence-electron chi connectivity index (χ0n) is 18.5. The van der Waals surface area contributed by atoms with Crippen LogP contribution < -0.4 is 10.6 Å². The first kappa shape index (κ1) is 24.4. The average Bonchev–Trinajstić information content (AvgIpc) is 3.00. The quantitative estimate of drug-likeness (QED) is 0.241. The lowest BCUT2D eigenvalue weighted by molar-refractivity contribution is 0.0413. The molecule has 0 amide bonds. The zero-order chi connectivity index (χ0) is 21.0. The van der Waals surface area contributed by atoms with Crippen LogP contribution in [0.25, 0.3) is 0 Å². The maximum Gasteiger partial charge on any atom is 0.213 e. The molecule has 7 nitrogen and oxygen atoms in total. The van der Waals surface area contributed by atoms with Gasteiger partial charge in [0, 0.05) is 38.8 Å². The summed E-state index contributed by atoms with van der Waals surface area (Å²) in [6.45, 7) is 7.39. The van der Waals surface area contributed by atoms with Crippen LogP contribution in [-0.2, 0) is 14.8 Å². The molecule has 29 heavy (non-hydrogen) atoms. The summed E-state index contributed by atoms with van der Waals surface area (Å²) in [7, 11) is -3.07. The van der Waals surface area contributed by atoms with E-state index in [1.165, 1.54) is 38.5 Å². The van der Waals surface area contributed by atoms with E-state index in [2.05, 4.69) is 17.6 Å². The van der Waals surface area contributed by atoms with Crippen LogP contribution in [0.2, 0.25) is 0 Å². The Morgan fingerprint density at radius 3 is 2.34 bits per heavy atom. The molecule has 0 atom stereocenters. The lowest BCUT2D eigenvalue weighted by Crippen LogP contribution is -2.50. The zero-order valence-corrected chi connectivity index (χ0v) is 19.3. The van der Waals surface area contributed by atoms with Crippen molar-refractivity contribution in [3.8, 4) is 0 Å². The second-order valence-corrected chi connectivity index (χ2v) is 10.4. The van der Waals surface area contributed by atoms with Crippen LogP contribution in [0, 0.1) is 0 Å². The summed E-state index contributed by atoms with van der Waals surface area (Å²) in [4.78, 5) is 4.70. The van der Waals surface area contributed by atoms with E-state index in [1.807, 2.05) is 0 Å². The summed E-state index contributed by atoms with van der Waals surface area (Å²) in [5.74, 6) is 1.02. The molecule has 0 aromatic carbocycles. The van der Waals surface area contributed by atoms with E-state index in [9.17, 15) is 8.42 Å². The molecule has 1 saturated carbocycles. The number of rotatable bonds is 10. The van der Waals surface area contributed by atoms with Crippen molar-refractivity contribution in [1.82, 2.24) is 14.9 Å². The Hall–Kier alpha value is -0.860. The first-order valence-corrected chi connectivity index (χ1v) is 13.3. The second-order valence-electron chi connectivity index (χ2n) is 8.17. The Bertz CT molecular complexity index is 566. The van der Waals surface area contributed by atoms with E-state index >= 15 is 0 Å². The Labute approximate surface area is 178 Å². The number of unbranched alkanes of at least 4 members (excludes halogenated alkanes) is 1. The number of hydrogen-bond acceptors (Lipinski definition) is 4. The first-order chi connectivity index (χ1) is 14.0. The highest BCUT2D eigenvalue weighted by molar-refractivity contribution is 7.89. The van der Waals surface area contributed by atoms with E-state index in [0.717, 1.165) is 51.3 Å². The van der Waals surface area contributed by atoms with Gasteiger partial charge in [0.25, 0.3) is 0 Å². The highest BCUT2D eigenvalue weighted by Gasteiger charge is 2.26. The number of hydrogen-bond donors (Lipinski definition) is 2. The minimum absolute atomic E-state index is 0.180. The third-order valence-corrected chi connectivity index (χ3v) is 7.76. The van der Waals surface area contributed by atoms with Gasteiger partial charge in [0.05, 0.1) is 11.9 Å². The number of piperidine rings is 1. The molecule has 0 spiro atoms. The Morgan fingerprint density at radius 1 is 1.03 bits per heavy atom. The van der Waals surface area contributed by atoms with E-state index in [1.54, 1.807) is 11.2 Å². The summed E-state index contributed by atoms with van der Waals surface area (Å²) in [5.41, 5.74) is 0. The van der Waals surface area contributed by atoms with Crippen LogP contribution >= 0.6 is 0 Å². The molecule has 0 bridgehead atoms. The topological polar surface area (TPSA) is 83.0 Å². The molecule has 1 aliphatic heterocycles. The average molecular weight is 431 g/mol. The lowest BCUT2D eigenvalue weighted by atomic mass is 10.1. The van der Waals surface area contributed by atoms with Gasteiger partial charge in [-0.1, -0.05) is 25.7 Å². The minimum Gasteiger partial charge on any atom is -0.378 e. The van der Waals surface area contributed by atoms with Gasteiger partial charge in [0.15, 0.2) is 5.96 Å². The van der Waals surface area contributed by atoms with Crippen molar-refractivity contribution in [2.24, 2.45) is 4.99 Å². The summed E-state index contributed by atoms with van der Waals surface area (Å²) in [6, 6.07) is 0.273. The largest absolute Gasteiger partial charge is 0.378 e. The van der Waals surface area contributed by atoms with Gasteiger partial charge in [-0.05, 0) is 52.4 Å². The molecule has 2 fully saturated rings. The van der Waals surface area contributed by atoms with Crippen molar-refractivity contribution in [2.75, 3.05) is 38.5 Å². The number of ether oxygens (including phenoxy) is 1. The van der Waals surface area contributed by atoms with Crippen molar-refractivity contribution in [3.05, 3.63) is 0 Å². The van der Waals surface area contributed by atoms with Crippen molar-refractivity contribution < 1.29 is 13.2 Å². The van der Waals surface area contributed by atoms with Gasteiger partial charge in [-0.3, -0.25) is 4.99 Å². The molecule has 1 saturated heterocycles. The molecular weight excluding hydrogens is 388 g/mol. The fourth-order valence-corrected chi connectivity index (χ4v) is 5.17. The monoisotopic (exact) mass is 430 g/mol. The third kappa shape index (κ3) is 9.22. The Balaban J connectivity index is 1.64. The number of nitrogens with one attached hydrogen (secondary N) is 2. The molecular formula is C21H42N4O3S. The highest BCUT2D eigenvalue weighted by Crippen LogP contribution is 2.20. The van der Waals surface area contributed by atoms with Gasteiger partial charge < -0.3 is 15.4 Å². The lowest BCUT2D eigenvalue weighted by Gasteiger charge is -2.32. The standard InChI is InChI=1S/C21H42N4O3S/c1-3-22-21(24-19-13-16-25(17-14-19)29(26,27)4-2)23-15-9-10-18-28-20-11-7-5-6-8-12-20/h19-20H,3-18H2,1-2H3,(H2,22,23,24). The molecule has 8 heteroatoms. The summed E-state index contributed by atoms with van der Waals surface area (Å²) < 4.78 is 31.6. The first-order valence-electron chi connectivity index (χ1n) is 11.7. The van der Waals surface area contributed by atoms with Crippen molar-refractivity contribution in [3.63, 3.8) is 0 Å². The molecule has 0 radical (unpaired) electrons. The van der Waals surface area contributed by atoms with Crippen LogP contribution in [0.15, 0.2) is 4.99 Å². The predicted octanol–water partition coefficient (Wildman–Crippen LogP) is 2.88. The highest BCUT2D eigenvalue weighted by atomic mass is 32.2. The molecule has 0 unspecified atom stereocenters. The number of sulfonamides is 1. The smallest absolute Gasteiger partial charge is 0.213 e. The van der Waals surface area contributed by atoms with E-state index in [0.29, 0.717) is 19.2 Å². The van der Waals surface area contributed by atoms with Crippen LogP contribution in [0.5, 0.6) is 0 Å². The van der Waals surface area contributed by atoms with Gasteiger partial charge in [-0.2, -0.15) is 0 Å². The van der Waals surface area contributed by atoms with Crippen LogP contribution in [0.4, 0.5) is 0 Å². The summed E-state index contributed by atoms with van der Waals surface area (Å²) >= 11 is 0. The molecule has 170 valence electrons. The van der Waals surface area contributed by atoms with Gasteiger partial charge in [0.1, 0.15) is 0 Å². The fourth-order valence-electron chi connectivity index (χ4n) is 4.04. The van der Waals surface area contributed by atoms with Gasteiger partial charge in [0.2, 0.25) is 10.0 Å². The molecule has 2 aliphatic rings. The van der Waals surface area contributed by atoms with Crippen LogP contribution in [-0.4, -0.2) is 69.4 Å². The number of guanidine groups is 1. The molecule has 2 N–H and O–H groups in total. The second kappa shape index (κ2) is 13.4. The fraction of sp³-hybridized carbons (Fsp3) is 0.952. The summed E-state index contributed by atoms with van der Waals surface area (Å²) in [5, 5.41) is 6.79. The maximum atomic E-state index is 12.0. The predicted molar refractivity (Wildman–Crippen MR) is 120 cm³/mol. The van der Waals surface area contributed by atoms with E-state index < -0.39 is 10.0 Å². The van der Waals surface area contributed by atoms with Gasteiger partial charge >= 0.3 is 0 Å². The molecule has 0 aromatic heterocycles. The number of nitrogens with zero attached hydrogens (tertiary/aromatic N) is 2. The normalized spacial score (nSPS) is 21.1. The minimum atomic E-state index is -3.07. The third-order valence-electron chi connectivity index (χ3n) is 5.88. The molecule has 0 aromatic rings.